The number of halogens is 3. The molecule has 0 radical (unpaired) electrons. The first-order chi connectivity index (χ1) is 18.4. The van der Waals surface area contributed by atoms with Gasteiger partial charge in [0.15, 0.2) is 10.9 Å². The molecule has 38 heavy (non-hydrogen) atoms. The third-order valence-corrected chi connectivity index (χ3v) is 5.77. The van der Waals surface area contributed by atoms with E-state index in [0.29, 0.717) is 22.9 Å². The molecule has 1 aliphatic rings. The number of para-hydroxylation sites is 1. The van der Waals surface area contributed by atoms with Gasteiger partial charge in [0.25, 0.3) is 0 Å². The molecular formula is C28H25F3N4O2S. The predicted octanol–water partition coefficient (Wildman–Crippen LogP) is 7.35. The minimum Gasteiger partial charge on any atom is -0.406 e. The molecule has 196 valence electrons. The average Bonchev–Trinajstić information content (AvgIpc) is 3.34. The topological polar surface area (TPSA) is 71.7 Å². The Morgan fingerprint density at radius 3 is 2.47 bits per heavy atom. The molecule has 5 rings (SSSR count). The van der Waals surface area contributed by atoms with E-state index in [9.17, 15) is 13.2 Å². The van der Waals surface area contributed by atoms with Gasteiger partial charge in [0, 0.05) is 22.4 Å². The maximum absolute atomic E-state index is 12.4. The number of nitrogens with zero attached hydrogens (tertiary/aromatic N) is 2. The quantitative estimate of drug-likeness (QED) is 0.157. The Bertz CT molecular complexity index is 1420. The van der Waals surface area contributed by atoms with Gasteiger partial charge in [0.05, 0.1) is 6.21 Å². The summed E-state index contributed by atoms with van der Waals surface area (Å²) < 4.78 is 46.8. The molecule has 0 bridgehead atoms. The van der Waals surface area contributed by atoms with Crippen molar-refractivity contribution in [3.8, 4) is 28.3 Å². The van der Waals surface area contributed by atoms with Crippen LogP contribution in [0.25, 0.3) is 22.6 Å². The highest BCUT2D eigenvalue weighted by Gasteiger charge is 2.31. The number of rotatable bonds is 5. The lowest BCUT2D eigenvalue weighted by Crippen LogP contribution is -2.23. The number of hydrogen-bond acceptors (Lipinski definition) is 5. The molecule has 0 unspecified atom stereocenters. The summed E-state index contributed by atoms with van der Waals surface area (Å²) in [7, 11) is 0. The summed E-state index contributed by atoms with van der Waals surface area (Å²) in [6.07, 6.45) is -1.60. The minimum absolute atomic E-state index is 0.287. The molecule has 0 fully saturated rings. The summed E-state index contributed by atoms with van der Waals surface area (Å²) in [4.78, 5) is 0. The molecular weight excluding hydrogens is 513 g/mol. The monoisotopic (exact) mass is 538 g/mol. The third-order valence-electron chi connectivity index (χ3n) is 5.58. The SMILES string of the molecule is CC.FC(F)(F)Oc1ccc(-c2onc3c2CCc2cc(/C=N/NC(=S)Nc4ccccc4)ccc2-3)cc1. The van der Waals surface area contributed by atoms with E-state index in [1.165, 1.54) is 24.3 Å². The Kier molecular flexibility index (Phi) is 8.42. The fourth-order valence-electron chi connectivity index (χ4n) is 4.03. The zero-order valence-electron chi connectivity index (χ0n) is 20.7. The number of nitrogens with one attached hydrogen (secondary N) is 2. The lowest BCUT2D eigenvalue weighted by atomic mass is 9.87. The molecule has 3 aromatic carbocycles. The van der Waals surface area contributed by atoms with Crippen LogP contribution in [0.3, 0.4) is 0 Å². The minimum atomic E-state index is -4.73. The lowest BCUT2D eigenvalue weighted by molar-refractivity contribution is -0.274. The molecule has 1 aliphatic carbocycles. The van der Waals surface area contributed by atoms with Crippen LogP contribution in [0.15, 0.2) is 82.4 Å². The smallest absolute Gasteiger partial charge is 0.406 e. The van der Waals surface area contributed by atoms with Gasteiger partial charge in [0.1, 0.15) is 11.4 Å². The molecule has 0 saturated carbocycles. The summed E-state index contributed by atoms with van der Waals surface area (Å²) in [5, 5.41) is 11.9. The summed E-state index contributed by atoms with van der Waals surface area (Å²) >= 11 is 5.25. The molecule has 10 heteroatoms. The van der Waals surface area contributed by atoms with Crippen LogP contribution < -0.4 is 15.5 Å². The van der Waals surface area contributed by atoms with Crippen LogP contribution in [0, 0.1) is 0 Å². The van der Waals surface area contributed by atoms with Crippen molar-refractivity contribution < 1.29 is 22.4 Å². The Morgan fingerprint density at radius 2 is 1.76 bits per heavy atom. The highest BCUT2D eigenvalue weighted by molar-refractivity contribution is 7.80. The number of benzene rings is 3. The van der Waals surface area contributed by atoms with Crippen LogP contribution >= 0.6 is 12.2 Å². The standard InChI is InChI=1S/C26H19F3N4O2S.C2H6/c27-26(28,29)34-20-10-7-17(8-11-20)24-22-13-9-18-14-16(6-12-21(18)23(22)33-35-24)15-30-32-25(36)31-19-4-2-1-3-5-19;1-2/h1-8,10-12,14-15H,9,13H2,(H2,31,32,36);1-2H3/b30-15+;. The molecule has 0 amide bonds. The predicted molar refractivity (Wildman–Crippen MR) is 146 cm³/mol. The number of alkyl halides is 3. The lowest BCUT2D eigenvalue weighted by Gasteiger charge is -2.16. The van der Waals surface area contributed by atoms with Gasteiger partial charge >= 0.3 is 6.36 Å². The number of hydrazone groups is 1. The van der Waals surface area contributed by atoms with Crippen molar-refractivity contribution >= 4 is 29.2 Å². The first-order valence-electron chi connectivity index (χ1n) is 12.0. The van der Waals surface area contributed by atoms with Gasteiger partial charge in [0.2, 0.25) is 0 Å². The maximum atomic E-state index is 12.4. The van der Waals surface area contributed by atoms with E-state index in [1.54, 1.807) is 6.21 Å². The number of thiocarbonyl (C=S) groups is 1. The maximum Gasteiger partial charge on any atom is 0.573 e. The summed E-state index contributed by atoms with van der Waals surface area (Å²) in [5.41, 5.74) is 8.92. The van der Waals surface area contributed by atoms with Crippen molar-refractivity contribution in [2.45, 2.75) is 33.1 Å². The number of aromatic nitrogens is 1. The van der Waals surface area contributed by atoms with Gasteiger partial charge in [-0.1, -0.05) is 49.3 Å². The molecule has 0 saturated heterocycles. The van der Waals surface area contributed by atoms with Crippen LogP contribution in [0.5, 0.6) is 5.75 Å². The van der Waals surface area contributed by atoms with Crippen LogP contribution in [0.1, 0.15) is 30.5 Å². The molecule has 6 nitrogen and oxygen atoms in total. The molecule has 1 aromatic heterocycles. The van der Waals surface area contributed by atoms with Crippen molar-refractivity contribution in [2.75, 3.05) is 5.32 Å². The Morgan fingerprint density at radius 1 is 1.03 bits per heavy atom. The van der Waals surface area contributed by atoms with Gasteiger partial charge < -0.3 is 14.6 Å². The van der Waals surface area contributed by atoms with Gasteiger partial charge in [-0.3, -0.25) is 5.43 Å². The van der Waals surface area contributed by atoms with E-state index in [0.717, 1.165) is 40.1 Å². The molecule has 0 atom stereocenters. The number of fused-ring (bicyclic) bond motifs is 3. The largest absolute Gasteiger partial charge is 0.573 e. The van der Waals surface area contributed by atoms with E-state index in [2.05, 4.69) is 25.7 Å². The number of hydrogen-bond donors (Lipinski definition) is 2. The van der Waals surface area contributed by atoms with Crippen LogP contribution in [0.4, 0.5) is 18.9 Å². The van der Waals surface area contributed by atoms with Crippen molar-refractivity contribution in [2.24, 2.45) is 5.10 Å². The second kappa shape index (κ2) is 11.9. The molecule has 0 spiro atoms. The zero-order valence-corrected chi connectivity index (χ0v) is 21.5. The Hall–Kier alpha value is -4.18. The van der Waals surface area contributed by atoms with E-state index in [1.807, 2.05) is 62.4 Å². The second-order valence-electron chi connectivity index (χ2n) is 8.02. The van der Waals surface area contributed by atoms with Crippen molar-refractivity contribution in [1.29, 1.82) is 0 Å². The van der Waals surface area contributed by atoms with E-state index < -0.39 is 6.36 Å². The number of aryl methyl sites for hydroxylation is 1. The van der Waals surface area contributed by atoms with Crippen molar-refractivity contribution in [1.82, 2.24) is 10.6 Å². The molecule has 0 aliphatic heterocycles. The normalized spacial score (nSPS) is 12.1. The van der Waals surface area contributed by atoms with Gasteiger partial charge in [-0.05, 0) is 78.7 Å². The molecule has 2 N–H and O–H groups in total. The van der Waals surface area contributed by atoms with Gasteiger partial charge in [-0.15, -0.1) is 13.2 Å². The third kappa shape index (κ3) is 6.57. The summed E-state index contributed by atoms with van der Waals surface area (Å²) in [6, 6.07) is 21.0. The number of anilines is 1. The number of ether oxygens (including phenoxy) is 1. The Balaban J connectivity index is 0.00000164. The second-order valence-corrected chi connectivity index (χ2v) is 8.43. The fourth-order valence-corrected chi connectivity index (χ4v) is 4.20. The first kappa shape index (κ1) is 26.9. The summed E-state index contributed by atoms with van der Waals surface area (Å²) in [6.45, 7) is 4.00. The van der Waals surface area contributed by atoms with E-state index >= 15 is 0 Å². The van der Waals surface area contributed by atoms with Crippen molar-refractivity contribution in [3.63, 3.8) is 0 Å². The van der Waals surface area contributed by atoms with Crippen LogP contribution in [-0.2, 0) is 12.8 Å². The fraction of sp³-hybridized carbons (Fsp3) is 0.179. The highest BCUT2D eigenvalue weighted by atomic mass is 32.1. The van der Waals surface area contributed by atoms with Crippen LogP contribution in [-0.4, -0.2) is 22.8 Å². The zero-order chi connectivity index (χ0) is 27.1. The summed E-state index contributed by atoms with van der Waals surface area (Å²) in [5.74, 6) is 0.258. The highest BCUT2D eigenvalue weighted by Crippen LogP contribution is 2.39. The van der Waals surface area contributed by atoms with Crippen molar-refractivity contribution in [3.05, 3.63) is 89.5 Å². The molecule has 4 aromatic rings. The molecule has 1 heterocycles. The van der Waals surface area contributed by atoms with Gasteiger partial charge in [-0.25, -0.2) is 0 Å². The first-order valence-corrected chi connectivity index (χ1v) is 12.4. The van der Waals surface area contributed by atoms with E-state index in [-0.39, 0.29) is 5.75 Å². The Labute approximate surface area is 223 Å². The van der Waals surface area contributed by atoms with E-state index in [4.69, 9.17) is 16.7 Å². The average molecular weight is 539 g/mol. The van der Waals surface area contributed by atoms with Gasteiger partial charge in [-0.2, -0.15) is 5.10 Å². The van der Waals surface area contributed by atoms with Crippen LogP contribution in [0.2, 0.25) is 0 Å².